The summed E-state index contributed by atoms with van der Waals surface area (Å²) in [6, 6.07) is 8.65. The number of ether oxygens (including phenoxy) is 1. The number of carboxylic acids is 1. The third-order valence-corrected chi connectivity index (χ3v) is 7.21. The molecule has 2 aromatic carbocycles. The molecule has 0 bridgehead atoms. The summed E-state index contributed by atoms with van der Waals surface area (Å²) >= 11 is 6.32. The molecular formula is C24H21ClF3N3O4. The van der Waals surface area contributed by atoms with E-state index in [0.717, 1.165) is 12.8 Å². The summed E-state index contributed by atoms with van der Waals surface area (Å²) in [5.41, 5.74) is 1.60. The normalized spacial score (nSPS) is 23.5. The SMILES string of the molecule is O=C(NC1CC2(C1)CC(C(=O)O)C2)c1ccc(Cl)c2cnn(Cc3ccc(OC(F)(F)F)cc3)c12. The number of nitrogens with zero attached hydrogens (tertiary/aromatic N) is 2. The van der Waals surface area contributed by atoms with Gasteiger partial charge in [-0.2, -0.15) is 5.10 Å². The van der Waals surface area contributed by atoms with Gasteiger partial charge in [-0.1, -0.05) is 23.7 Å². The van der Waals surface area contributed by atoms with Gasteiger partial charge in [0.15, 0.2) is 0 Å². The molecule has 1 amide bonds. The van der Waals surface area contributed by atoms with E-state index in [4.69, 9.17) is 16.7 Å². The number of hydrogen-bond donors (Lipinski definition) is 2. The molecule has 0 radical (unpaired) electrons. The average molecular weight is 508 g/mol. The van der Waals surface area contributed by atoms with E-state index in [1.165, 1.54) is 24.3 Å². The van der Waals surface area contributed by atoms with E-state index >= 15 is 0 Å². The first-order valence-corrected chi connectivity index (χ1v) is 11.4. The molecule has 1 spiro atoms. The molecule has 11 heteroatoms. The Bertz CT molecular complexity index is 1290. The highest BCUT2D eigenvalue weighted by Crippen LogP contribution is 2.58. The van der Waals surface area contributed by atoms with Crippen LogP contribution in [0.5, 0.6) is 5.75 Å². The molecule has 1 heterocycles. The van der Waals surface area contributed by atoms with Crippen molar-refractivity contribution in [3.8, 4) is 5.75 Å². The van der Waals surface area contributed by atoms with Crippen molar-refractivity contribution in [2.75, 3.05) is 0 Å². The van der Waals surface area contributed by atoms with Crippen molar-refractivity contribution < 1.29 is 32.6 Å². The maximum absolute atomic E-state index is 13.1. The predicted molar refractivity (Wildman–Crippen MR) is 120 cm³/mol. The lowest BCUT2D eigenvalue weighted by atomic mass is 9.50. The molecule has 1 aromatic heterocycles. The summed E-state index contributed by atoms with van der Waals surface area (Å²) in [5, 5.41) is 17.5. The largest absolute Gasteiger partial charge is 0.573 e. The maximum Gasteiger partial charge on any atom is 0.573 e. The molecule has 0 saturated heterocycles. The van der Waals surface area contributed by atoms with Crippen LogP contribution in [0.1, 0.15) is 41.6 Å². The van der Waals surface area contributed by atoms with Crippen molar-refractivity contribution in [2.24, 2.45) is 11.3 Å². The topological polar surface area (TPSA) is 93.5 Å². The molecule has 5 rings (SSSR count). The molecule has 7 nitrogen and oxygen atoms in total. The fourth-order valence-corrected chi connectivity index (χ4v) is 5.49. The Morgan fingerprint density at radius 2 is 1.83 bits per heavy atom. The van der Waals surface area contributed by atoms with Crippen LogP contribution < -0.4 is 10.1 Å². The summed E-state index contributed by atoms with van der Waals surface area (Å²) in [7, 11) is 0. The smallest absolute Gasteiger partial charge is 0.481 e. The maximum atomic E-state index is 13.1. The summed E-state index contributed by atoms with van der Waals surface area (Å²) in [4.78, 5) is 24.2. The van der Waals surface area contributed by atoms with E-state index in [-0.39, 0.29) is 35.6 Å². The molecular weight excluding hydrogens is 487 g/mol. The van der Waals surface area contributed by atoms with Crippen LogP contribution in [0.4, 0.5) is 13.2 Å². The van der Waals surface area contributed by atoms with Gasteiger partial charge in [-0.05, 0) is 60.9 Å². The Hall–Kier alpha value is -3.27. The van der Waals surface area contributed by atoms with E-state index in [9.17, 15) is 22.8 Å². The lowest BCUT2D eigenvalue weighted by Crippen LogP contribution is -2.57. The first kappa shape index (κ1) is 23.5. The molecule has 3 aromatic rings. The number of aromatic nitrogens is 2. The standard InChI is InChI=1S/C24H21ClF3N3O4/c25-19-6-5-17(21(32)30-15-9-23(10-15)7-14(8-23)22(33)34)20-18(19)11-29-31(20)12-13-1-3-16(4-2-13)35-24(26,27)28/h1-6,11,14-15H,7-10,12H2,(H,30,32)(H,33,34). The average Bonchev–Trinajstić information content (AvgIpc) is 3.13. The van der Waals surface area contributed by atoms with Gasteiger partial charge in [0.25, 0.3) is 5.91 Å². The van der Waals surface area contributed by atoms with Crippen LogP contribution in [-0.4, -0.2) is 39.2 Å². The molecule has 0 aliphatic heterocycles. The van der Waals surface area contributed by atoms with E-state index < -0.39 is 12.3 Å². The van der Waals surface area contributed by atoms with Crippen molar-refractivity contribution in [3.63, 3.8) is 0 Å². The van der Waals surface area contributed by atoms with Crippen molar-refractivity contribution in [2.45, 2.75) is 44.6 Å². The van der Waals surface area contributed by atoms with Gasteiger partial charge in [-0.25, -0.2) is 0 Å². The minimum atomic E-state index is -4.77. The Balaban J connectivity index is 1.31. The zero-order valence-electron chi connectivity index (χ0n) is 18.3. The highest BCUT2D eigenvalue weighted by Gasteiger charge is 2.55. The van der Waals surface area contributed by atoms with Gasteiger partial charge in [-0.3, -0.25) is 14.3 Å². The van der Waals surface area contributed by atoms with E-state index in [0.29, 0.717) is 39.9 Å². The second kappa shape index (κ2) is 8.44. The fourth-order valence-electron chi connectivity index (χ4n) is 5.29. The number of carbonyl (C=O) groups is 2. The second-order valence-electron chi connectivity index (χ2n) is 9.37. The number of hydrogen-bond acceptors (Lipinski definition) is 4. The monoisotopic (exact) mass is 507 g/mol. The minimum Gasteiger partial charge on any atom is -0.481 e. The van der Waals surface area contributed by atoms with Crippen molar-refractivity contribution >= 4 is 34.4 Å². The third-order valence-electron chi connectivity index (χ3n) is 6.88. The summed E-state index contributed by atoms with van der Waals surface area (Å²) < 4.78 is 42.7. The Morgan fingerprint density at radius 1 is 1.14 bits per heavy atom. The van der Waals surface area contributed by atoms with E-state index in [1.807, 2.05) is 0 Å². The number of carboxylic acid groups (broad SMARTS) is 1. The summed E-state index contributed by atoms with van der Waals surface area (Å²) in [6.45, 7) is 0.208. The van der Waals surface area contributed by atoms with E-state index in [1.54, 1.807) is 23.0 Å². The third kappa shape index (κ3) is 4.67. The van der Waals surface area contributed by atoms with Gasteiger partial charge in [0.2, 0.25) is 0 Å². The minimum absolute atomic E-state index is 0.0273. The van der Waals surface area contributed by atoms with Crippen LogP contribution in [0.2, 0.25) is 5.02 Å². The Kier molecular flexibility index (Phi) is 5.66. The number of amides is 1. The number of aliphatic carboxylic acids is 1. The van der Waals surface area contributed by atoms with Crippen LogP contribution in [0.3, 0.4) is 0 Å². The summed E-state index contributed by atoms with van der Waals surface area (Å²) in [5.74, 6) is -1.65. The van der Waals surface area contributed by atoms with Gasteiger partial charge < -0.3 is 15.2 Å². The molecule has 2 aliphatic rings. The number of carbonyl (C=O) groups excluding carboxylic acids is 1. The number of nitrogens with one attached hydrogen (secondary N) is 1. The second-order valence-corrected chi connectivity index (χ2v) is 9.78. The van der Waals surface area contributed by atoms with Gasteiger partial charge in [0, 0.05) is 11.4 Å². The van der Waals surface area contributed by atoms with Crippen molar-refractivity contribution in [1.29, 1.82) is 0 Å². The van der Waals surface area contributed by atoms with Gasteiger partial charge in [-0.15, -0.1) is 13.2 Å². The highest BCUT2D eigenvalue weighted by molar-refractivity contribution is 6.36. The molecule has 184 valence electrons. The molecule has 2 fully saturated rings. The first-order valence-electron chi connectivity index (χ1n) is 11.0. The lowest BCUT2D eigenvalue weighted by Gasteiger charge is -2.56. The zero-order chi connectivity index (χ0) is 25.0. The Labute approximate surface area is 202 Å². The van der Waals surface area contributed by atoms with Crippen molar-refractivity contribution in [1.82, 2.24) is 15.1 Å². The number of benzene rings is 2. The van der Waals surface area contributed by atoms with Crippen molar-refractivity contribution in [3.05, 3.63) is 58.7 Å². The molecule has 35 heavy (non-hydrogen) atoms. The molecule has 0 unspecified atom stereocenters. The number of halogens is 4. The van der Waals surface area contributed by atoms with Crippen LogP contribution >= 0.6 is 11.6 Å². The van der Waals surface area contributed by atoms with Crippen LogP contribution in [-0.2, 0) is 11.3 Å². The van der Waals surface area contributed by atoms with Gasteiger partial charge in [0.05, 0.1) is 34.8 Å². The van der Waals surface area contributed by atoms with Crippen LogP contribution in [0.15, 0.2) is 42.6 Å². The summed E-state index contributed by atoms with van der Waals surface area (Å²) in [6.07, 6.45) is -0.404. The van der Waals surface area contributed by atoms with Gasteiger partial charge in [0.1, 0.15) is 5.75 Å². The van der Waals surface area contributed by atoms with E-state index in [2.05, 4.69) is 15.2 Å². The lowest BCUT2D eigenvalue weighted by molar-refractivity contribution is -0.274. The quantitative estimate of drug-likeness (QED) is 0.489. The first-order chi connectivity index (χ1) is 16.5. The zero-order valence-corrected chi connectivity index (χ0v) is 19.1. The Morgan fingerprint density at radius 3 is 2.46 bits per heavy atom. The fraction of sp³-hybridized carbons (Fsp3) is 0.375. The number of fused-ring (bicyclic) bond motifs is 1. The number of rotatable bonds is 6. The van der Waals surface area contributed by atoms with Gasteiger partial charge >= 0.3 is 12.3 Å². The number of alkyl halides is 3. The molecule has 2 aliphatic carbocycles. The van der Waals surface area contributed by atoms with Crippen LogP contribution in [0.25, 0.3) is 10.9 Å². The van der Waals surface area contributed by atoms with Crippen LogP contribution in [0, 0.1) is 11.3 Å². The molecule has 2 N–H and O–H groups in total. The molecule has 2 saturated carbocycles. The predicted octanol–water partition coefficient (Wildman–Crippen LogP) is 5.01. The molecule has 0 atom stereocenters. The highest BCUT2D eigenvalue weighted by atomic mass is 35.5.